The van der Waals surface area contributed by atoms with Crippen molar-refractivity contribution in [3.8, 4) is 0 Å². The van der Waals surface area contributed by atoms with Gasteiger partial charge in [0.15, 0.2) is 0 Å². The van der Waals surface area contributed by atoms with E-state index in [2.05, 4.69) is 10.0 Å². The van der Waals surface area contributed by atoms with Gasteiger partial charge in [0, 0.05) is 6.54 Å². The second-order valence-electron chi connectivity index (χ2n) is 3.76. The number of amides is 1. The molecular formula is C10H16N4O4S. The fourth-order valence-electron chi connectivity index (χ4n) is 1.28. The van der Waals surface area contributed by atoms with Gasteiger partial charge in [-0.15, -0.1) is 0 Å². The maximum Gasteiger partial charge on any atom is 0.248 e. The van der Waals surface area contributed by atoms with Crippen LogP contribution in [0.25, 0.3) is 0 Å². The van der Waals surface area contributed by atoms with Crippen LogP contribution in [-0.4, -0.2) is 39.1 Å². The van der Waals surface area contributed by atoms with Crippen molar-refractivity contribution in [2.24, 2.45) is 5.73 Å². The summed E-state index contributed by atoms with van der Waals surface area (Å²) in [5.74, 6) is -0.884. The number of rotatable bonds is 6. The molecule has 1 atom stereocenters. The first kappa shape index (κ1) is 15.2. The molecule has 1 aromatic rings. The van der Waals surface area contributed by atoms with E-state index in [4.69, 9.17) is 11.5 Å². The Labute approximate surface area is 110 Å². The summed E-state index contributed by atoms with van der Waals surface area (Å²) in [5.41, 5.74) is 11.1. The number of carbonyl (C=O) groups excluding carboxylic acids is 1. The molecule has 0 spiro atoms. The van der Waals surface area contributed by atoms with Crippen molar-refractivity contribution in [1.29, 1.82) is 0 Å². The van der Waals surface area contributed by atoms with Crippen LogP contribution in [-0.2, 0) is 14.8 Å². The maximum absolute atomic E-state index is 11.6. The molecule has 106 valence electrons. The lowest BCUT2D eigenvalue weighted by molar-refractivity contribution is -0.125. The third kappa shape index (κ3) is 3.81. The molecule has 0 radical (unpaired) electrons. The summed E-state index contributed by atoms with van der Waals surface area (Å²) < 4.78 is 25.4. The monoisotopic (exact) mass is 288 g/mol. The highest BCUT2D eigenvalue weighted by atomic mass is 32.2. The van der Waals surface area contributed by atoms with Crippen LogP contribution in [0.1, 0.15) is 0 Å². The van der Waals surface area contributed by atoms with Crippen LogP contribution >= 0.6 is 0 Å². The molecule has 1 aromatic carbocycles. The highest BCUT2D eigenvalue weighted by molar-refractivity contribution is 7.89. The second-order valence-corrected chi connectivity index (χ2v) is 5.64. The minimum absolute atomic E-state index is 0.0141. The summed E-state index contributed by atoms with van der Waals surface area (Å²) >= 11 is 0. The molecule has 0 aliphatic heterocycles. The number of sulfonamides is 1. The minimum Gasteiger partial charge on any atom is -0.397 e. The van der Waals surface area contributed by atoms with Crippen molar-refractivity contribution < 1.29 is 18.3 Å². The molecule has 0 saturated carbocycles. The largest absolute Gasteiger partial charge is 0.397 e. The van der Waals surface area contributed by atoms with Gasteiger partial charge in [0.25, 0.3) is 0 Å². The maximum atomic E-state index is 11.6. The van der Waals surface area contributed by atoms with Crippen LogP contribution in [0.4, 0.5) is 11.4 Å². The van der Waals surface area contributed by atoms with Gasteiger partial charge in [-0.1, -0.05) is 0 Å². The van der Waals surface area contributed by atoms with E-state index in [9.17, 15) is 18.3 Å². The van der Waals surface area contributed by atoms with Crippen molar-refractivity contribution in [2.45, 2.75) is 11.0 Å². The molecule has 0 bridgehead atoms. The van der Waals surface area contributed by atoms with Gasteiger partial charge in [-0.25, -0.2) is 13.1 Å². The van der Waals surface area contributed by atoms with Gasteiger partial charge < -0.3 is 21.9 Å². The zero-order valence-corrected chi connectivity index (χ0v) is 11.1. The molecule has 0 aliphatic rings. The number of benzene rings is 1. The number of primary amides is 1. The predicted molar refractivity (Wildman–Crippen MR) is 70.8 cm³/mol. The van der Waals surface area contributed by atoms with Crippen LogP contribution in [0.5, 0.6) is 0 Å². The number of hydrogen-bond donors (Lipinski definition) is 5. The SMILES string of the molecule is CNS(=O)(=O)c1ccc(N)c(NCC(O)C(N)=O)c1. The summed E-state index contributed by atoms with van der Waals surface area (Å²) in [7, 11) is -2.30. The molecular weight excluding hydrogens is 272 g/mol. The Morgan fingerprint density at radius 1 is 1.47 bits per heavy atom. The molecule has 0 aromatic heterocycles. The first-order valence-electron chi connectivity index (χ1n) is 5.32. The molecule has 9 heteroatoms. The Bertz CT molecular complexity index is 573. The average molecular weight is 288 g/mol. The Morgan fingerprint density at radius 3 is 2.63 bits per heavy atom. The number of carbonyl (C=O) groups is 1. The van der Waals surface area contributed by atoms with Crippen LogP contribution in [0.3, 0.4) is 0 Å². The topological polar surface area (TPSA) is 148 Å². The number of aliphatic hydroxyl groups is 1. The van der Waals surface area contributed by atoms with Gasteiger partial charge in [-0.3, -0.25) is 4.79 Å². The van der Waals surface area contributed by atoms with Crippen LogP contribution in [0.2, 0.25) is 0 Å². The molecule has 0 heterocycles. The molecule has 1 amide bonds. The summed E-state index contributed by atoms with van der Waals surface area (Å²) in [4.78, 5) is 10.7. The Hall–Kier alpha value is -1.84. The molecule has 1 unspecified atom stereocenters. The Morgan fingerprint density at radius 2 is 2.11 bits per heavy atom. The average Bonchev–Trinajstić information content (AvgIpc) is 2.36. The lowest BCUT2D eigenvalue weighted by Gasteiger charge is -2.13. The number of nitrogens with two attached hydrogens (primary N) is 2. The van der Waals surface area contributed by atoms with Crippen LogP contribution < -0.4 is 21.5 Å². The molecule has 19 heavy (non-hydrogen) atoms. The van der Waals surface area contributed by atoms with Crippen LogP contribution in [0, 0.1) is 0 Å². The number of anilines is 2. The molecule has 7 N–H and O–H groups in total. The third-order valence-corrected chi connectivity index (χ3v) is 3.83. The number of hydrogen-bond acceptors (Lipinski definition) is 6. The van der Waals surface area contributed by atoms with E-state index in [1.165, 1.54) is 25.2 Å². The highest BCUT2D eigenvalue weighted by Crippen LogP contribution is 2.22. The van der Waals surface area contributed by atoms with E-state index in [1.807, 2.05) is 0 Å². The Kier molecular flexibility index (Phi) is 4.70. The predicted octanol–water partition coefficient (Wildman–Crippen LogP) is -1.56. The summed E-state index contributed by atoms with van der Waals surface area (Å²) in [5, 5.41) is 11.9. The molecule has 0 fully saturated rings. The minimum atomic E-state index is -3.59. The van der Waals surface area contributed by atoms with Crippen LogP contribution in [0.15, 0.2) is 23.1 Å². The van der Waals surface area contributed by atoms with Crippen molar-refractivity contribution in [3.63, 3.8) is 0 Å². The molecule has 1 rings (SSSR count). The molecule has 8 nitrogen and oxygen atoms in total. The van der Waals surface area contributed by atoms with E-state index < -0.39 is 22.0 Å². The quantitative estimate of drug-likeness (QED) is 0.400. The van der Waals surface area contributed by atoms with Gasteiger partial charge in [0.1, 0.15) is 6.10 Å². The first-order valence-corrected chi connectivity index (χ1v) is 6.80. The lowest BCUT2D eigenvalue weighted by atomic mass is 10.2. The zero-order chi connectivity index (χ0) is 14.6. The third-order valence-electron chi connectivity index (χ3n) is 2.42. The van der Waals surface area contributed by atoms with E-state index in [1.54, 1.807) is 0 Å². The standard InChI is InChI=1S/C10H16N4O4S/c1-13-19(17,18)6-2-3-7(11)8(4-6)14-5-9(15)10(12)16/h2-4,9,13-15H,5,11H2,1H3,(H2,12,16). The lowest BCUT2D eigenvalue weighted by Crippen LogP contribution is -2.34. The van der Waals surface area contributed by atoms with Gasteiger partial charge >= 0.3 is 0 Å². The van der Waals surface area contributed by atoms with Crippen molar-refractivity contribution in [1.82, 2.24) is 4.72 Å². The molecule has 0 saturated heterocycles. The van der Waals surface area contributed by atoms with Gasteiger partial charge in [-0.2, -0.15) is 0 Å². The fraction of sp³-hybridized carbons (Fsp3) is 0.300. The van der Waals surface area contributed by atoms with Crippen molar-refractivity contribution in [2.75, 3.05) is 24.6 Å². The summed E-state index contributed by atoms with van der Waals surface area (Å²) in [6, 6.07) is 4.05. The smallest absolute Gasteiger partial charge is 0.248 e. The summed E-state index contributed by atoms with van der Waals surface area (Å²) in [6.07, 6.45) is -1.39. The zero-order valence-electron chi connectivity index (χ0n) is 10.3. The number of nitrogen functional groups attached to an aromatic ring is 1. The van der Waals surface area contributed by atoms with E-state index >= 15 is 0 Å². The van der Waals surface area contributed by atoms with E-state index in [0.717, 1.165) is 0 Å². The van der Waals surface area contributed by atoms with E-state index in [-0.39, 0.29) is 22.8 Å². The van der Waals surface area contributed by atoms with Crippen molar-refractivity contribution in [3.05, 3.63) is 18.2 Å². The van der Waals surface area contributed by atoms with Crippen molar-refractivity contribution >= 4 is 27.3 Å². The van der Waals surface area contributed by atoms with Gasteiger partial charge in [0.2, 0.25) is 15.9 Å². The second kappa shape index (κ2) is 5.87. The fourth-order valence-corrected chi connectivity index (χ4v) is 2.04. The normalized spacial score (nSPS) is 12.9. The van der Waals surface area contributed by atoms with Gasteiger partial charge in [-0.05, 0) is 25.2 Å². The molecule has 0 aliphatic carbocycles. The van der Waals surface area contributed by atoms with Gasteiger partial charge in [0.05, 0.1) is 16.3 Å². The van der Waals surface area contributed by atoms with E-state index in [0.29, 0.717) is 0 Å². The summed E-state index contributed by atoms with van der Waals surface area (Å²) in [6.45, 7) is -0.164. The Balaban J connectivity index is 2.96. The first-order chi connectivity index (χ1) is 8.77. The highest BCUT2D eigenvalue weighted by Gasteiger charge is 2.15. The number of nitrogens with one attached hydrogen (secondary N) is 2. The number of aliphatic hydroxyl groups excluding tert-OH is 1.